The molecule has 0 aliphatic heterocycles. The second-order valence-corrected chi connectivity index (χ2v) is 5.43. The molecule has 0 bridgehead atoms. The van der Waals surface area contributed by atoms with Crippen LogP contribution < -0.4 is 5.32 Å². The Balaban J connectivity index is 2.00. The Morgan fingerprint density at radius 3 is 2.30 bits per heavy atom. The summed E-state index contributed by atoms with van der Waals surface area (Å²) in [7, 11) is 0. The molecule has 0 aliphatic rings. The number of hydrogen-bond donors (Lipinski definition) is 1. The predicted molar refractivity (Wildman–Crippen MR) is 94.5 cm³/mol. The van der Waals surface area contributed by atoms with Crippen molar-refractivity contribution in [3.63, 3.8) is 0 Å². The summed E-state index contributed by atoms with van der Waals surface area (Å²) in [5.41, 5.74) is 2.42. The van der Waals surface area contributed by atoms with Crippen molar-refractivity contribution in [3.8, 4) is 0 Å². The van der Waals surface area contributed by atoms with Gasteiger partial charge in [0.05, 0.1) is 16.3 Å². The van der Waals surface area contributed by atoms with Crippen molar-refractivity contribution in [1.29, 1.82) is 0 Å². The van der Waals surface area contributed by atoms with Gasteiger partial charge in [-0.15, -0.1) is 10.2 Å². The van der Waals surface area contributed by atoms with Crippen LogP contribution in [0.1, 0.15) is 11.1 Å². The van der Waals surface area contributed by atoms with E-state index in [2.05, 4.69) is 20.7 Å². The summed E-state index contributed by atoms with van der Waals surface area (Å²) in [4.78, 5) is 0. The second-order valence-electron chi connectivity index (χ2n) is 4.67. The van der Waals surface area contributed by atoms with E-state index in [1.807, 2.05) is 54.6 Å². The van der Waals surface area contributed by atoms with Gasteiger partial charge in [-0.2, -0.15) is 0 Å². The summed E-state index contributed by atoms with van der Waals surface area (Å²) in [6.07, 6.45) is 1.56. The van der Waals surface area contributed by atoms with E-state index in [0.29, 0.717) is 15.9 Å². The number of rotatable bonds is 4. The van der Waals surface area contributed by atoms with E-state index in [1.54, 1.807) is 12.3 Å². The van der Waals surface area contributed by atoms with Gasteiger partial charge in [-0.25, -0.2) is 0 Å². The Hall–Kier alpha value is -2.43. The van der Waals surface area contributed by atoms with E-state index in [9.17, 15) is 0 Å². The average molecular weight is 343 g/mol. The number of nitrogens with one attached hydrogen (secondary N) is 1. The lowest BCUT2D eigenvalue weighted by Crippen LogP contribution is -1.98. The highest BCUT2D eigenvalue weighted by Gasteiger charge is 2.12. The molecule has 0 fully saturated rings. The van der Waals surface area contributed by atoms with Crippen molar-refractivity contribution >= 4 is 44.8 Å². The summed E-state index contributed by atoms with van der Waals surface area (Å²) >= 11 is 13.0. The van der Waals surface area contributed by atoms with Crippen LogP contribution in [0.3, 0.4) is 0 Å². The monoisotopic (exact) mass is 342 g/mol. The van der Waals surface area contributed by atoms with Crippen LogP contribution in [0, 0.1) is 0 Å². The fourth-order valence-electron chi connectivity index (χ4n) is 2.06. The van der Waals surface area contributed by atoms with E-state index in [1.165, 1.54) is 0 Å². The molecule has 0 amide bonds. The Morgan fingerprint density at radius 1 is 0.826 bits per heavy atom. The molecule has 6 heteroatoms. The summed E-state index contributed by atoms with van der Waals surface area (Å²) < 4.78 is 0. The lowest BCUT2D eigenvalue weighted by atomic mass is 10.1. The van der Waals surface area contributed by atoms with Gasteiger partial charge in [0.15, 0.2) is 5.82 Å². The molecule has 1 aromatic heterocycles. The molecule has 3 aromatic rings. The van der Waals surface area contributed by atoms with Crippen LogP contribution in [0.15, 0.2) is 66.9 Å². The third kappa shape index (κ3) is 3.67. The van der Waals surface area contributed by atoms with Crippen molar-refractivity contribution in [2.24, 2.45) is 0 Å². The second kappa shape index (κ2) is 7.22. The Bertz CT molecular complexity index is 820. The molecule has 2 aromatic carbocycles. The first-order valence-electron chi connectivity index (χ1n) is 6.87. The molecule has 0 radical (unpaired) electrons. The van der Waals surface area contributed by atoms with Gasteiger partial charge < -0.3 is 5.32 Å². The van der Waals surface area contributed by atoms with E-state index in [4.69, 9.17) is 23.2 Å². The molecular formula is C17H12Cl2N4. The van der Waals surface area contributed by atoms with Gasteiger partial charge in [0.2, 0.25) is 0 Å². The largest absolute Gasteiger partial charge is 0.338 e. The van der Waals surface area contributed by atoms with Crippen LogP contribution in [0.5, 0.6) is 0 Å². The molecule has 0 saturated carbocycles. The molecule has 4 nitrogen and oxygen atoms in total. The smallest absolute Gasteiger partial charge is 0.156 e. The maximum Gasteiger partial charge on any atom is 0.156 e. The zero-order valence-electron chi connectivity index (χ0n) is 11.9. The first kappa shape index (κ1) is 15.5. The fourth-order valence-corrected chi connectivity index (χ4v) is 2.56. The number of aromatic nitrogens is 3. The third-order valence-corrected chi connectivity index (χ3v) is 4.05. The Kier molecular flexibility index (Phi) is 4.86. The summed E-state index contributed by atoms with van der Waals surface area (Å²) in [6.45, 7) is 0. The molecule has 0 spiro atoms. The Labute approximate surface area is 143 Å². The number of anilines is 2. The van der Waals surface area contributed by atoms with Gasteiger partial charge >= 0.3 is 0 Å². The molecule has 23 heavy (non-hydrogen) atoms. The molecule has 0 unspecified atom stereocenters. The molecular weight excluding hydrogens is 331 g/mol. The number of benzene rings is 2. The standard InChI is InChI=1S/C17H12Cl2N4/c18-16(12-6-2-1-3-7-12)17(19)13-8-4-5-9-14(13)21-15-10-11-20-23-22-15/h1-11H,(H,20,21,22). The molecule has 0 aliphatic carbocycles. The summed E-state index contributed by atoms with van der Waals surface area (Å²) in [5.74, 6) is 0.577. The van der Waals surface area contributed by atoms with Crippen molar-refractivity contribution in [2.45, 2.75) is 0 Å². The molecule has 1 N–H and O–H groups in total. The lowest BCUT2D eigenvalue weighted by Gasteiger charge is -2.12. The highest BCUT2D eigenvalue weighted by atomic mass is 35.5. The van der Waals surface area contributed by atoms with E-state index >= 15 is 0 Å². The molecule has 114 valence electrons. The molecule has 0 saturated heterocycles. The van der Waals surface area contributed by atoms with Crippen LogP contribution >= 0.6 is 23.2 Å². The molecule has 1 heterocycles. The molecule has 0 atom stereocenters. The first-order chi connectivity index (χ1) is 11.3. The first-order valence-corrected chi connectivity index (χ1v) is 7.63. The number of halogens is 2. The van der Waals surface area contributed by atoms with Crippen molar-refractivity contribution in [1.82, 2.24) is 15.4 Å². The van der Waals surface area contributed by atoms with Gasteiger partial charge in [-0.3, -0.25) is 0 Å². The zero-order valence-corrected chi connectivity index (χ0v) is 13.5. The van der Waals surface area contributed by atoms with Gasteiger partial charge in [0.1, 0.15) is 0 Å². The van der Waals surface area contributed by atoms with Crippen LogP contribution in [-0.4, -0.2) is 15.4 Å². The SMILES string of the molecule is ClC(=C(Cl)c1ccccc1Nc1ccnnn1)c1ccccc1. The third-order valence-electron chi connectivity index (χ3n) is 3.15. The van der Waals surface area contributed by atoms with Gasteiger partial charge in [0.25, 0.3) is 0 Å². The number of hydrogen-bond acceptors (Lipinski definition) is 4. The summed E-state index contributed by atoms with van der Waals surface area (Å²) in [6, 6.07) is 18.9. The Morgan fingerprint density at radius 2 is 1.57 bits per heavy atom. The van der Waals surface area contributed by atoms with Crippen molar-refractivity contribution in [2.75, 3.05) is 5.32 Å². The number of nitrogens with zero attached hydrogens (tertiary/aromatic N) is 3. The summed E-state index contributed by atoms with van der Waals surface area (Å²) in [5, 5.41) is 15.3. The minimum Gasteiger partial charge on any atom is -0.338 e. The van der Waals surface area contributed by atoms with Crippen LogP contribution in [0.25, 0.3) is 10.1 Å². The van der Waals surface area contributed by atoms with Crippen LogP contribution in [0.4, 0.5) is 11.5 Å². The maximum atomic E-state index is 6.52. The van der Waals surface area contributed by atoms with Gasteiger partial charge in [-0.05, 0) is 16.8 Å². The highest BCUT2D eigenvalue weighted by molar-refractivity contribution is 6.65. The number of para-hydroxylation sites is 1. The fraction of sp³-hybridized carbons (Fsp3) is 0. The van der Waals surface area contributed by atoms with Crippen LogP contribution in [0.2, 0.25) is 0 Å². The normalized spacial score (nSPS) is 11.7. The highest BCUT2D eigenvalue weighted by Crippen LogP contribution is 2.36. The van der Waals surface area contributed by atoms with Crippen LogP contribution in [-0.2, 0) is 0 Å². The van der Waals surface area contributed by atoms with Gasteiger partial charge in [0, 0.05) is 17.3 Å². The average Bonchev–Trinajstić information content (AvgIpc) is 2.62. The van der Waals surface area contributed by atoms with E-state index in [-0.39, 0.29) is 0 Å². The topological polar surface area (TPSA) is 50.7 Å². The zero-order chi connectivity index (χ0) is 16.1. The van der Waals surface area contributed by atoms with Gasteiger partial charge in [-0.1, -0.05) is 71.7 Å². The van der Waals surface area contributed by atoms with E-state index < -0.39 is 0 Å². The predicted octanol–water partition coefficient (Wildman–Crippen LogP) is 4.92. The lowest BCUT2D eigenvalue weighted by molar-refractivity contribution is 0.871. The van der Waals surface area contributed by atoms with Crippen molar-refractivity contribution in [3.05, 3.63) is 78.0 Å². The van der Waals surface area contributed by atoms with E-state index in [0.717, 1.165) is 16.8 Å². The minimum absolute atomic E-state index is 0.461. The minimum atomic E-state index is 0.461. The maximum absolute atomic E-state index is 6.52. The van der Waals surface area contributed by atoms with Crippen molar-refractivity contribution < 1.29 is 0 Å². The molecule has 3 rings (SSSR count). The quantitative estimate of drug-likeness (QED) is 0.683.